The molecule has 0 saturated carbocycles. The Kier molecular flexibility index (Phi) is 10.8. The van der Waals surface area contributed by atoms with Crippen molar-refractivity contribution in [3.63, 3.8) is 0 Å². The fourth-order valence-electron chi connectivity index (χ4n) is 6.32. The Labute approximate surface area is 270 Å². The van der Waals surface area contributed by atoms with Crippen LogP contribution in [0, 0.1) is 19.3 Å². The summed E-state index contributed by atoms with van der Waals surface area (Å²) in [4.78, 5) is 0. The van der Waals surface area contributed by atoms with E-state index >= 15 is 0 Å². The van der Waals surface area contributed by atoms with Crippen LogP contribution >= 0.6 is 0 Å². The second kappa shape index (κ2) is 14.5. The molecule has 0 spiro atoms. The molecule has 228 valence electrons. The molecule has 0 atom stereocenters. The van der Waals surface area contributed by atoms with E-state index in [9.17, 15) is 0 Å². The van der Waals surface area contributed by atoms with Crippen LogP contribution in [0.2, 0.25) is 10.6 Å². The Morgan fingerprint density at radius 2 is 0.956 bits per heavy atom. The molecule has 7 rings (SSSR count). The predicted octanol–water partition coefficient (Wildman–Crippen LogP) is 10.7. The van der Waals surface area contributed by atoms with Crippen molar-refractivity contribution in [1.29, 1.82) is 5.41 Å². The molecule has 3 N–H and O–H groups in total. The molecule has 2 nitrogen and oxygen atoms in total. The van der Waals surface area contributed by atoms with E-state index in [-0.39, 0.29) is 0 Å². The number of hydrogen-bond donors (Lipinski definition) is 2. The lowest BCUT2D eigenvalue weighted by atomic mass is 9.53. The summed E-state index contributed by atoms with van der Waals surface area (Å²) in [6, 6.07) is 47.5. The van der Waals surface area contributed by atoms with E-state index < -0.39 is 0 Å². The molecule has 0 amide bonds. The SMILES string of the molecule is C=N.Cc1ccc(-c2ccc(B3C(C)(C)C3(C)C)cc2)cc1.Cc1ccc2ccccc2c1.NCc1ccc2ccccc2c1. The molecule has 1 heterocycles. The first-order valence-electron chi connectivity index (χ1n) is 15.8. The van der Waals surface area contributed by atoms with Crippen molar-refractivity contribution in [2.24, 2.45) is 5.73 Å². The molecule has 6 aromatic rings. The van der Waals surface area contributed by atoms with Crippen molar-refractivity contribution in [2.45, 2.75) is 58.7 Å². The van der Waals surface area contributed by atoms with Gasteiger partial charge in [-0.3, -0.25) is 0 Å². The molecule has 1 aliphatic heterocycles. The van der Waals surface area contributed by atoms with E-state index in [2.05, 4.69) is 170 Å². The second-order valence-corrected chi connectivity index (χ2v) is 13.1. The average Bonchev–Trinajstić information content (AvgIpc) is 3.49. The van der Waals surface area contributed by atoms with Crippen molar-refractivity contribution in [3.05, 3.63) is 150 Å². The minimum atomic E-state index is 0.415. The maximum absolute atomic E-state index is 5.54. The van der Waals surface area contributed by atoms with Crippen LogP contribution in [0.1, 0.15) is 44.4 Å². The van der Waals surface area contributed by atoms with Gasteiger partial charge in [-0.25, -0.2) is 0 Å². The third-order valence-electron chi connectivity index (χ3n) is 9.60. The molecule has 3 heteroatoms. The Balaban J connectivity index is 0.000000158. The van der Waals surface area contributed by atoms with Gasteiger partial charge in [0.2, 0.25) is 0 Å². The zero-order valence-electron chi connectivity index (χ0n) is 27.8. The third-order valence-corrected chi connectivity index (χ3v) is 9.60. The predicted molar refractivity (Wildman–Crippen MR) is 200 cm³/mol. The van der Waals surface area contributed by atoms with Gasteiger partial charge in [-0.2, -0.15) is 0 Å². The zero-order valence-corrected chi connectivity index (χ0v) is 27.8. The molecule has 0 unspecified atom stereocenters. The number of nitrogens with two attached hydrogens (primary N) is 1. The summed E-state index contributed by atoms with van der Waals surface area (Å²) < 4.78 is 0. The average molecular weight is 591 g/mol. The lowest BCUT2D eigenvalue weighted by Gasteiger charge is -2.06. The highest BCUT2D eigenvalue weighted by molar-refractivity contribution is 6.89. The number of fused-ring (bicyclic) bond motifs is 2. The first-order valence-corrected chi connectivity index (χ1v) is 15.8. The topological polar surface area (TPSA) is 49.9 Å². The summed E-state index contributed by atoms with van der Waals surface area (Å²) in [5.74, 6) is 0. The summed E-state index contributed by atoms with van der Waals surface area (Å²) in [5, 5.41) is 11.5. The van der Waals surface area contributed by atoms with Gasteiger partial charge in [0.15, 0.2) is 6.71 Å². The van der Waals surface area contributed by atoms with Crippen LogP contribution in [0.4, 0.5) is 0 Å². The monoisotopic (exact) mass is 590 g/mol. The maximum atomic E-state index is 5.54. The van der Waals surface area contributed by atoms with Gasteiger partial charge in [0.1, 0.15) is 0 Å². The molecule has 0 radical (unpaired) electrons. The molecular formula is C42H47BN2. The van der Waals surface area contributed by atoms with E-state index in [4.69, 9.17) is 11.1 Å². The number of aryl methyl sites for hydroxylation is 2. The first-order chi connectivity index (χ1) is 21.6. The Morgan fingerprint density at radius 3 is 1.44 bits per heavy atom. The van der Waals surface area contributed by atoms with Crippen LogP contribution in [0.3, 0.4) is 0 Å². The fraction of sp³-hybridized carbons (Fsp3) is 0.214. The highest BCUT2D eigenvalue weighted by Gasteiger charge is 2.67. The number of benzene rings is 6. The zero-order chi connectivity index (χ0) is 32.6. The summed E-state index contributed by atoms with van der Waals surface area (Å²) in [5.41, 5.74) is 13.5. The van der Waals surface area contributed by atoms with Gasteiger partial charge >= 0.3 is 0 Å². The van der Waals surface area contributed by atoms with E-state index in [1.807, 2.05) is 12.1 Å². The van der Waals surface area contributed by atoms with Crippen LogP contribution < -0.4 is 11.2 Å². The lowest BCUT2D eigenvalue weighted by molar-refractivity contribution is 0.628. The third kappa shape index (κ3) is 7.79. The van der Waals surface area contributed by atoms with E-state index in [0.717, 1.165) is 0 Å². The quantitative estimate of drug-likeness (QED) is 0.156. The van der Waals surface area contributed by atoms with E-state index in [1.165, 1.54) is 54.8 Å². The van der Waals surface area contributed by atoms with Gasteiger partial charge in [0, 0.05) is 6.54 Å². The standard InChI is InChI=1S/C19H23B.C11H11N.C11H10.CH3N/c1-14-6-8-15(9-7-14)16-10-12-17(13-11-16)20-18(2,3)19(20,4)5;12-8-9-5-6-10-3-1-2-4-11(10)7-9;1-9-6-7-10-4-2-3-5-11(10)8-9;1-2/h6-13H,1-5H3;1-7H,8,12H2;2-8H,1H3;2H,1H2. The van der Waals surface area contributed by atoms with Gasteiger partial charge in [0.25, 0.3) is 0 Å². The van der Waals surface area contributed by atoms with Crippen LogP contribution in [0.5, 0.6) is 0 Å². The second-order valence-electron chi connectivity index (χ2n) is 13.1. The molecule has 1 aliphatic rings. The first kappa shape index (κ1) is 33.4. The number of rotatable bonds is 3. The summed E-state index contributed by atoms with van der Waals surface area (Å²) in [6.45, 7) is 17.6. The van der Waals surface area contributed by atoms with Gasteiger partial charge in [-0.15, -0.1) is 0 Å². The molecule has 6 aromatic carbocycles. The van der Waals surface area contributed by atoms with Crippen LogP contribution in [0.15, 0.2) is 133 Å². The Morgan fingerprint density at radius 1 is 0.533 bits per heavy atom. The molecule has 45 heavy (non-hydrogen) atoms. The summed E-state index contributed by atoms with van der Waals surface area (Å²) >= 11 is 0. The van der Waals surface area contributed by atoms with E-state index in [0.29, 0.717) is 23.9 Å². The number of hydrogen-bond acceptors (Lipinski definition) is 2. The fourth-order valence-corrected chi connectivity index (χ4v) is 6.32. The smallest absolute Gasteiger partial charge is 0.187 e. The summed E-state index contributed by atoms with van der Waals surface area (Å²) in [6.07, 6.45) is 0. The molecular weight excluding hydrogens is 543 g/mol. The van der Waals surface area contributed by atoms with Crippen LogP contribution in [-0.4, -0.2) is 13.4 Å². The molecule has 1 fully saturated rings. The normalized spacial score (nSPS) is 13.8. The van der Waals surface area contributed by atoms with Gasteiger partial charge in [0.05, 0.1) is 0 Å². The van der Waals surface area contributed by atoms with Crippen molar-refractivity contribution < 1.29 is 0 Å². The van der Waals surface area contributed by atoms with E-state index in [1.54, 1.807) is 0 Å². The van der Waals surface area contributed by atoms with Gasteiger partial charge in [-0.05, 0) is 64.9 Å². The van der Waals surface area contributed by atoms with Gasteiger partial charge in [-0.1, -0.05) is 182 Å². The summed E-state index contributed by atoms with van der Waals surface area (Å²) in [7, 11) is 0. The Hall–Kier alpha value is -4.47. The lowest BCUT2D eigenvalue weighted by Crippen LogP contribution is -2.19. The van der Waals surface area contributed by atoms with Crippen LogP contribution in [-0.2, 0) is 6.54 Å². The van der Waals surface area contributed by atoms with Crippen molar-refractivity contribution in [1.82, 2.24) is 0 Å². The number of nitrogens with one attached hydrogen (secondary N) is 1. The van der Waals surface area contributed by atoms with Crippen LogP contribution in [0.25, 0.3) is 32.7 Å². The molecule has 0 aliphatic carbocycles. The van der Waals surface area contributed by atoms with Crippen molar-refractivity contribution >= 4 is 40.4 Å². The maximum Gasteiger partial charge on any atom is 0.187 e. The highest BCUT2D eigenvalue weighted by atomic mass is 14.5. The van der Waals surface area contributed by atoms with Crippen molar-refractivity contribution in [2.75, 3.05) is 0 Å². The van der Waals surface area contributed by atoms with Gasteiger partial charge < -0.3 is 11.1 Å². The minimum absolute atomic E-state index is 0.415. The minimum Gasteiger partial charge on any atom is -0.326 e. The highest BCUT2D eigenvalue weighted by Crippen LogP contribution is 2.73. The molecule has 1 saturated heterocycles. The van der Waals surface area contributed by atoms with Crippen molar-refractivity contribution in [3.8, 4) is 11.1 Å². The Bertz CT molecular complexity index is 1820. The molecule has 0 aromatic heterocycles. The largest absolute Gasteiger partial charge is 0.326 e. The molecule has 0 bridgehead atoms.